The highest BCUT2D eigenvalue weighted by Crippen LogP contribution is 2.14. The number of benzene rings is 1. The highest BCUT2D eigenvalue weighted by atomic mass is 16.6. The Morgan fingerprint density at radius 3 is 2.74 bits per heavy atom. The van der Waals surface area contributed by atoms with E-state index in [2.05, 4.69) is 25.0 Å². The van der Waals surface area contributed by atoms with E-state index in [1.54, 1.807) is 24.3 Å². The van der Waals surface area contributed by atoms with E-state index in [1.165, 1.54) is 0 Å². The van der Waals surface area contributed by atoms with Crippen LogP contribution in [0.4, 0.5) is 0 Å². The number of H-pyrrole nitrogens is 1. The maximum Gasteiger partial charge on any atom is 0.304 e. The second-order valence-corrected chi connectivity index (χ2v) is 4.00. The second kappa shape index (κ2) is 3.25. The largest absolute Gasteiger partial charge is 0.304 e. The van der Waals surface area contributed by atoms with E-state index < -0.39 is 5.56 Å². The van der Waals surface area contributed by atoms with Gasteiger partial charge in [-0.25, -0.2) is 9.61 Å². The number of hydrogen-bond acceptors (Lipinski definition) is 6. The van der Waals surface area contributed by atoms with Crippen molar-refractivity contribution in [3.8, 4) is 0 Å². The standard InChI is InChI=1S/C11H5N5O3/c17-10-6-4-2-1-3-5(6)9-12-8-7(14-19-15-8)11(18)16(9)13-10/h1-4H,(H,13,17). The molecule has 19 heavy (non-hydrogen) atoms. The summed E-state index contributed by atoms with van der Waals surface area (Å²) in [7, 11) is 0. The number of rotatable bonds is 0. The molecule has 3 heterocycles. The van der Waals surface area contributed by atoms with Crippen molar-refractivity contribution >= 4 is 27.6 Å². The fraction of sp³-hybridized carbons (Fsp3) is 0. The molecule has 0 saturated carbocycles. The van der Waals surface area contributed by atoms with Crippen LogP contribution in [0.2, 0.25) is 0 Å². The maximum atomic E-state index is 12.1. The molecule has 3 aromatic heterocycles. The van der Waals surface area contributed by atoms with Crippen LogP contribution < -0.4 is 11.1 Å². The first kappa shape index (κ1) is 9.95. The van der Waals surface area contributed by atoms with Gasteiger partial charge < -0.3 is 0 Å². The van der Waals surface area contributed by atoms with E-state index in [9.17, 15) is 9.59 Å². The van der Waals surface area contributed by atoms with E-state index >= 15 is 0 Å². The fourth-order valence-corrected chi connectivity index (χ4v) is 2.07. The zero-order chi connectivity index (χ0) is 13.0. The Balaban J connectivity index is 2.44. The summed E-state index contributed by atoms with van der Waals surface area (Å²) in [5.41, 5.74) is -0.499. The van der Waals surface area contributed by atoms with Crippen molar-refractivity contribution in [2.24, 2.45) is 0 Å². The van der Waals surface area contributed by atoms with Crippen LogP contribution in [0.1, 0.15) is 0 Å². The van der Waals surface area contributed by atoms with Crippen LogP contribution in [-0.4, -0.2) is 24.9 Å². The summed E-state index contributed by atoms with van der Waals surface area (Å²) in [6.07, 6.45) is 0. The zero-order valence-electron chi connectivity index (χ0n) is 9.32. The topological polar surface area (TPSA) is 106 Å². The smallest absolute Gasteiger partial charge is 0.267 e. The Kier molecular flexibility index (Phi) is 1.70. The van der Waals surface area contributed by atoms with Crippen LogP contribution in [0.3, 0.4) is 0 Å². The summed E-state index contributed by atoms with van der Waals surface area (Å²) < 4.78 is 5.54. The number of aromatic nitrogens is 5. The Morgan fingerprint density at radius 2 is 1.89 bits per heavy atom. The van der Waals surface area contributed by atoms with Gasteiger partial charge in [0.1, 0.15) is 0 Å². The van der Waals surface area contributed by atoms with Crippen molar-refractivity contribution < 1.29 is 4.63 Å². The molecule has 4 rings (SSSR count). The molecule has 0 aliphatic carbocycles. The SMILES string of the molecule is O=c1[nH]n2c(=O)c3nonc3nc2c2ccccc12. The van der Waals surface area contributed by atoms with Gasteiger partial charge in [-0.15, -0.1) is 0 Å². The summed E-state index contributed by atoms with van der Waals surface area (Å²) in [4.78, 5) is 28.2. The van der Waals surface area contributed by atoms with Crippen molar-refractivity contribution in [1.29, 1.82) is 0 Å². The molecule has 8 nitrogen and oxygen atoms in total. The monoisotopic (exact) mass is 255 g/mol. The summed E-state index contributed by atoms with van der Waals surface area (Å²) in [6.45, 7) is 0. The van der Waals surface area contributed by atoms with E-state index in [0.29, 0.717) is 16.4 Å². The molecular weight excluding hydrogens is 250 g/mol. The average molecular weight is 255 g/mol. The predicted molar refractivity (Wildman–Crippen MR) is 65.0 cm³/mol. The van der Waals surface area contributed by atoms with Crippen molar-refractivity contribution in [2.75, 3.05) is 0 Å². The van der Waals surface area contributed by atoms with Gasteiger partial charge in [0.2, 0.25) is 11.2 Å². The van der Waals surface area contributed by atoms with Crippen molar-refractivity contribution in [3.63, 3.8) is 0 Å². The molecule has 1 N–H and O–H groups in total. The minimum absolute atomic E-state index is 0.0246. The fourth-order valence-electron chi connectivity index (χ4n) is 2.07. The molecule has 4 aromatic rings. The van der Waals surface area contributed by atoms with Crippen LogP contribution in [0.5, 0.6) is 0 Å². The van der Waals surface area contributed by atoms with Gasteiger partial charge >= 0.3 is 5.56 Å². The number of nitrogens with one attached hydrogen (secondary N) is 1. The quantitative estimate of drug-likeness (QED) is 0.446. The maximum absolute atomic E-state index is 12.1. The van der Waals surface area contributed by atoms with Gasteiger partial charge in [0.15, 0.2) is 5.65 Å². The molecule has 0 aliphatic rings. The van der Waals surface area contributed by atoms with E-state index in [4.69, 9.17) is 0 Å². The summed E-state index contributed by atoms with van der Waals surface area (Å²) >= 11 is 0. The van der Waals surface area contributed by atoms with Gasteiger partial charge in [0, 0.05) is 5.39 Å². The lowest BCUT2D eigenvalue weighted by Crippen LogP contribution is -2.24. The molecular formula is C11H5N5O3. The predicted octanol–water partition coefficient (Wildman–Crippen LogP) is 0.0722. The first-order chi connectivity index (χ1) is 9.25. The number of hydrogen-bond donors (Lipinski definition) is 1. The van der Waals surface area contributed by atoms with Crippen molar-refractivity contribution in [2.45, 2.75) is 0 Å². The molecule has 8 heteroatoms. The van der Waals surface area contributed by atoms with Gasteiger partial charge in [-0.1, -0.05) is 18.2 Å². The van der Waals surface area contributed by atoms with Crippen molar-refractivity contribution in [3.05, 3.63) is 45.0 Å². The molecule has 0 fully saturated rings. The lowest BCUT2D eigenvalue weighted by molar-refractivity contribution is 0.314. The third-order valence-corrected chi connectivity index (χ3v) is 2.93. The Hall–Kier alpha value is -3.03. The Labute approximate surface area is 103 Å². The molecule has 0 saturated heterocycles. The molecule has 0 unspecified atom stereocenters. The molecule has 0 aliphatic heterocycles. The number of aromatic amines is 1. The summed E-state index contributed by atoms with van der Waals surface area (Å²) in [5.74, 6) is 0. The summed E-state index contributed by atoms with van der Waals surface area (Å²) in [5, 5.41) is 10.5. The van der Waals surface area contributed by atoms with Crippen LogP contribution in [0.15, 0.2) is 38.5 Å². The third-order valence-electron chi connectivity index (χ3n) is 2.93. The highest BCUT2D eigenvalue weighted by molar-refractivity contribution is 5.94. The Morgan fingerprint density at radius 1 is 1.11 bits per heavy atom. The van der Waals surface area contributed by atoms with Crippen molar-refractivity contribution in [1.82, 2.24) is 24.9 Å². The highest BCUT2D eigenvalue weighted by Gasteiger charge is 2.14. The molecule has 0 amide bonds. The minimum atomic E-state index is -0.524. The molecule has 0 bridgehead atoms. The van der Waals surface area contributed by atoms with Crippen LogP contribution in [0, 0.1) is 0 Å². The van der Waals surface area contributed by atoms with E-state index in [-0.39, 0.29) is 16.7 Å². The van der Waals surface area contributed by atoms with E-state index in [0.717, 1.165) is 4.52 Å². The lowest BCUT2D eigenvalue weighted by atomic mass is 10.2. The number of fused-ring (bicyclic) bond motifs is 4. The van der Waals surface area contributed by atoms with Crippen LogP contribution in [-0.2, 0) is 0 Å². The van der Waals surface area contributed by atoms with Gasteiger partial charge in [-0.3, -0.25) is 14.7 Å². The zero-order valence-corrected chi connectivity index (χ0v) is 9.32. The first-order valence-corrected chi connectivity index (χ1v) is 5.42. The Bertz CT molecular complexity index is 1060. The van der Waals surface area contributed by atoms with Gasteiger partial charge in [-0.05, 0) is 16.4 Å². The minimum Gasteiger partial charge on any atom is -0.267 e. The molecule has 1 aromatic carbocycles. The molecule has 92 valence electrons. The second-order valence-electron chi connectivity index (χ2n) is 4.00. The first-order valence-electron chi connectivity index (χ1n) is 5.42. The van der Waals surface area contributed by atoms with Crippen LogP contribution >= 0.6 is 0 Å². The van der Waals surface area contributed by atoms with Crippen LogP contribution in [0.25, 0.3) is 27.6 Å². The van der Waals surface area contributed by atoms with Gasteiger partial charge in [-0.2, -0.15) is 4.52 Å². The average Bonchev–Trinajstić information content (AvgIpc) is 2.90. The molecule has 0 radical (unpaired) electrons. The third kappa shape index (κ3) is 1.19. The normalized spacial score (nSPS) is 11.6. The molecule has 0 atom stereocenters. The van der Waals surface area contributed by atoms with Gasteiger partial charge in [0.25, 0.3) is 5.56 Å². The summed E-state index contributed by atoms with van der Waals surface area (Å²) in [6, 6.07) is 6.87. The van der Waals surface area contributed by atoms with E-state index in [1.807, 2.05) is 0 Å². The number of nitrogens with zero attached hydrogens (tertiary/aromatic N) is 4. The molecule has 0 spiro atoms. The van der Waals surface area contributed by atoms with Gasteiger partial charge in [0.05, 0.1) is 5.39 Å². The lowest BCUT2D eigenvalue weighted by Gasteiger charge is -2.02.